The Hall–Kier alpha value is -3.41. The van der Waals surface area contributed by atoms with Crippen molar-refractivity contribution in [3.05, 3.63) is 83.4 Å². The zero-order valence-electron chi connectivity index (χ0n) is 15.2. The number of hydrogen-bond donors (Lipinski definition) is 1. The van der Waals surface area contributed by atoms with Gasteiger partial charge in [0.05, 0.1) is 17.5 Å². The van der Waals surface area contributed by atoms with Crippen LogP contribution in [0.2, 0.25) is 0 Å². The Kier molecular flexibility index (Phi) is 4.70. The van der Waals surface area contributed by atoms with E-state index in [0.29, 0.717) is 18.0 Å². The molecule has 0 atom stereocenters. The first-order valence-electron chi connectivity index (χ1n) is 8.97. The molecule has 136 valence electrons. The standard InChI is InChI=1S/C21H21N5O/c1-2-26-14-17(13-24-26)10-15-5-7-16(8-6-15)11-18-12-20(27-25-18)19-4-3-9-23-21(19)22/h3-9,12-14H,2,10-11H2,1H3,(H2,22,23). The van der Waals surface area contributed by atoms with Crippen LogP contribution in [0.3, 0.4) is 0 Å². The van der Waals surface area contributed by atoms with Gasteiger partial charge in [0.15, 0.2) is 5.76 Å². The Morgan fingerprint density at radius 3 is 2.52 bits per heavy atom. The lowest BCUT2D eigenvalue weighted by atomic mass is 10.0. The molecule has 0 aliphatic heterocycles. The molecule has 0 spiro atoms. The quantitative estimate of drug-likeness (QED) is 0.567. The molecule has 0 aliphatic carbocycles. The Morgan fingerprint density at radius 2 is 1.81 bits per heavy atom. The Labute approximate surface area is 157 Å². The van der Waals surface area contributed by atoms with Crippen molar-refractivity contribution in [3.8, 4) is 11.3 Å². The molecular formula is C21H21N5O. The van der Waals surface area contributed by atoms with Crippen LogP contribution in [0, 0.1) is 0 Å². The van der Waals surface area contributed by atoms with Gasteiger partial charge in [0.1, 0.15) is 5.82 Å². The summed E-state index contributed by atoms with van der Waals surface area (Å²) in [5, 5.41) is 8.48. The first kappa shape index (κ1) is 17.0. The van der Waals surface area contributed by atoms with E-state index in [2.05, 4.69) is 52.6 Å². The second-order valence-electron chi connectivity index (χ2n) is 6.49. The minimum atomic E-state index is 0.441. The van der Waals surface area contributed by atoms with Gasteiger partial charge in [0.2, 0.25) is 0 Å². The molecule has 4 rings (SSSR count). The highest BCUT2D eigenvalue weighted by molar-refractivity contribution is 5.69. The van der Waals surface area contributed by atoms with E-state index < -0.39 is 0 Å². The fourth-order valence-electron chi connectivity index (χ4n) is 3.04. The summed E-state index contributed by atoms with van der Waals surface area (Å²) in [7, 11) is 0. The zero-order chi connectivity index (χ0) is 18.6. The summed E-state index contributed by atoms with van der Waals surface area (Å²) in [6.45, 7) is 2.98. The van der Waals surface area contributed by atoms with Gasteiger partial charge in [-0.15, -0.1) is 0 Å². The van der Waals surface area contributed by atoms with Gasteiger partial charge in [-0.2, -0.15) is 5.10 Å². The van der Waals surface area contributed by atoms with E-state index in [1.54, 1.807) is 6.20 Å². The average Bonchev–Trinajstić information content (AvgIpc) is 3.33. The molecule has 0 unspecified atom stereocenters. The lowest BCUT2D eigenvalue weighted by Gasteiger charge is -2.02. The van der Waals surface area contributed by atoms with Crippen LogP contribution in [0.1, 0.15) is 29.3 Å². The van der Waals surface area contributed by atoms with Crippen LogP contribution in [0.5, 0.6) is 0 Å². The van der Waals surface area contributed by atoms with Gasteiger partial charge in [-0.1, -0.05) is 29.4 Å². The van der Waals surface area contributed by atoms with Crippen molar-refractivity contribution < 1.29 is 4.52 Å². The molecule has 0 saturated carbocycles. The number of nitrogen functional groups attached to an aromatic ring is 1. The van der Waals surface area contributed by atoms with E-state index in [-0.39, 0.29) is 0 Å². The normalized spacial score (nSPS) is 11.0. The Balaban J connectivity index is 1.43. The monoisotopic (exact) mass is 359 g/mol. The van der Waals surface area contributed by atoms with E-state index in [9.17, 15) is 0 Å². The molecule has 0 amide bonds. The largest absolute Gasteiger partial charge is 0.383 e. The average molecular weight is 359 g/mol. The summed E-state index contributed by atoms with van der Waals surface area (Å²) in [5.74, 6) is 1.08. The third-order valence-electron chi connectivity index (χ3n) is 4.49. The second kappa shape index (κ2) is 7.45. The van der Waals surface area contributed by atoms with Gasteiger partial charge in [-0.25, -0.2) is 4.98 Å². The highest BCUT2D eigenvalue weighted by Gasteiger charge is 2.10. The summed E-state index contributed by atoms with van der Waals surface area (Å²) >= 11 is 0. The molecule has 1 aromatic carbocycles. The van der Waals surface area contributed by atoms with Crippen LogP contribution >= 0.6 is 0 Å². The summed E-state index contributed by atoms with van der Waals surface area (Å²) < 4.78 is 7.39. The van der Waals surface area contributed by atoms with Gasteiger partial charge >= 0.3 is 0 Å². The van der Waals surface area contributed by atoms with Crippen molar-refractivity contribution in [3.63, 3.8) is 0 Å². The molecule has 4 aromatic rings. The number of anilines is 1. The molecule has 3 aromatic heterocycles. The van der Waals surface area contributed by atoms with Crippen molar-refractivity contribution in [1.82, 2.24) is 19.9 Å². The SMILES string of the molecule is CCn1cc(Cc2ccc(Cc3cc(-c4cccnc4N)on3)cc2)cn1. The summed E-state index contributed by atoms with van der Waals surface area (Å²) in [4.78, 5) is 4.08. The minimum Gasteiger partial charge on any atom is -0.383 e. The molecule has 0 fully saturated rings. The Bertz CT molecular complexity index is 1030. The number of nitrogens with two attached hydrogens (primary N) is 1. The number of rotatable bonds is 6. The van der Waals surface area contributed by atoms with Crippen LogP contribution in [0.15, 0.2) is 65.6 Å². The van der Waals surface area contributed by atoms with E-state index in [0.717, 1.165) is 24.2 Å². The van der Waals surface area contributed by atoms with Gasteiger partial charge in [0.25, 0.3) is 0 Å². The van der Waals surface area contributed by atoms with Gasteiger partial charge < -0.3 is 10.3 Å². The molecule has 2 N–H and O–H groups in total. The molecule has 0 bridgehead atoms. The van der Waals surface area contributed by atoms with Crippen LogP contribution < -0.4 is 5.73 Å². The van der Waals surface area contributed by atoms with Crippen LogP contribution in [0.4, 0.5) is 5.82 Å². The predicted molar refractivity (Wildman–Crippen MR) is 104 cm³/mol. The molecule has 6 nitrogen and oxygen atoms in total. The van der Waals surface area contributed by atoms with E-state index >= 15 is 0 Å². The van der Waals surface area contributed by atoms with E-state index in [1.165, 1.54) is 16.7 Å². The number of pyridine rings is 1. The first-order valence-corrected chi connectivity index (χ1v) is 8.97. The van der Waals surface area contributed by atoms with Crippen molar-refractivity contribution in [2.75, 3.05) is 5.73 Å². The molecule has 27 heavy (non-hydrogen) atoms. The van der Waals surface area contributed by atoms with Gasteiger partial charge in [-0.3, -0.25) is 4.68 Å². The highest BCUT2D eigenvalue weighted by Crippen LogP contribution is 2.25. The molecular weight excluding hydrogens is 338 g/mol. The maximum atomic E-state index is 5.90. The molecule has 0 radical (unpaired) electrons. The van der Waals surface area contributed by atoms with E-state index in [4.69, 9.17) is 10.3 Å². The topological polar surface area (TPSA) is 82.8 Å². The lowest BCUT2D eigenvalue weighted by Crippen LogP contribution is -1.93. The van der Waals surface area contributed by atoms with Crippen molar-refractivity contribution >= 4 is 5.82 Å². The van der Waals surface area contributed by atoms with Crippen LogP contribution in [-0.2, 0) is 19.4 Å². The lowest BCUT2D eigenvalue weighted by molar-refractivity contribution is 0.425. The Morgan fingerprint density at radius 1 is 1.04 bits per heavy atom. The number of aryl methyl sites for hydroxylation is 1. The van der Waals surface area contributed by atoms with Crippen LogP contribution in [-0.4, -0.2) is 19.9 Å². The summed E-state index contributed by atoms with van der Waals surface area (Å²) in [6.07, 6.45) is 7.27. The van der Waals surface area contributed by atoms with Gasteiger partial charge in [0, 0.05) is 37.8 Å². The number of hydrogen-bond acceptors (Lipinski definition) is 5. The molecule has 6 heteroatoms. The third-order valence-corrected chi connectivity index (χ3v) is 4.49. The minimum absolute atomic E-state index is 0.441. The van der Waals surface area contributed by atoms with E-state index in [1.807, 2.05) is 29.1 Å². The number of benzene rings is 1. The fourth-order valence-corrected chi connectivity index (χ4v) is 3.04. The first-order chi connectivity index (χ1) is 13.2. The van der Waals surface area contributed by atoms with Gasteiger partial charge in [-0.05, 0) is 35.7 Å². The third kappa shape index (κ3) is 3.89. The molecule has 0 aliphatic rings. The fraction of sp³-hybridized carbons (Fsp3) is 0.190. The number of aromatic nitrogens is 4. The highest BCUT2D eigenvalue weighted by atomic mass is 16.5. The van der Waals surface area contributed by atoms with Crippen LogP contribution in [0.25, 0.3) is 11.3 Å². The molecule has 3 heterocycles. The maximum Gasteiger partial charge on any atom is 0.170 e. The van der Waals surface area contributed by atoms with Crippen molar-refractivity contribution in [2.24, 2.45) is 0 Å². The smallest absolute Gasteiger partial charge is 0.170 e. The summed E-state index contributed by atoms with van der Waals surface area (Å²) in [5.41, 5.74) is 11.2. The van der Waals surface area contributed by atoms with Crippen molar-refractivity contribution in [2.45, 2.75) is 26.3 Å². The predicted octanol–water partition coefficient (Wildman–Crippen LogP) is 3.72. The van der Waals surface area contributed by atoms with Crippen molar-refractivity contribution in [1.29, 1.82) is 0 Å². The second-order valence-corrected chi connectivity index (χ2v) is 6.49. The zero-order valence-corrected chi connectivity index (χ0v) is 15.2. The molecule has 0 saturated heterocycles. The maximum absolute atomic E-state index is 5.90. The summed E-state index contributed by atoms with van der Waals surface area (Å²) in [6, 6.07) is 14.2. The number of nitrogens with zero attached hydrogens (tertiary/aromatic N) is 4.